The highest BCUT2D eigenvalue weighted by Gasteiger charge is 2.06. The minimum atomic E-state index is -0.893. The summed E-state index contributed by atoms with van der Waals surface area (Å²) in [6, 6.07) is 7.11. The number of ether oxygens (including phenoxy) is 1. The molecule has 2 aromatic rings. The fraction of sp³-hybridized carbons (Fsp3) is 0.357. The summed E-state index contributed by atoms with van der Waals surface area (Å²) in [4.78, 5) is 10.9. The number of aromatic nitrogens is 1. The number of carbonyl (C=O) groups is 1. The number of carboxylic acids is 1. The zero-order chi connectivity index (χ0) is 13.0. The summed E-state index contributed by atoms with van der Waals surface area (Å²) in [6.45, 7) is 4.33. The third kappa shape index (κ3) is 2.71. The van der Waals surface area contributed by atoms with Crippen molar-refractivity contribution < 1.29 is 14.6 Å². The Hall–Kier alpha value is -1.81. The van der Waals surface area contributed by atoms with Crippen molar-refractivity contribution in [2.45, 2.75) is 19.9 Å². The predicted molar refractivity (Wildman–Crippen MR) is 70.0 cm³/mol. The number of fused-ring (bicyclic) bond motifs is 1. The van der Waals surface area contributed by atoms with Crippen LogP contribution in [0, 0.1) is 0 Å². The molecule has 0 saturated carbocycles. The highest BCUT2D eigenvalue weighted by Crippen LogP contribution is 2.17. The average Bonchev–Trinajstić information content (AvgIpc) is 2.77. The number of hydrogen-bond donors (Lipinski definition) is 1. The molecule has 96 valence electrons. The lowest BCUT2D eigenvalue weighted by molar-refractivity contribution is 0.0697. The number of nitrogens with zero attached hydrogens (tertiary/aromatic N) is 1. The number of aromatic carboxylic acids is 1. The van der Waals surface area contributed by atoms with Crippen LogP contribution in [0.3, 0.4) is 0 Å². The van der Waals surface area contributed by atoms with Crippen molar-refractivity contribution in [2.75, 3.05) is 13.2 Å². The van der Waals surface area contributed by atoms with E-state index in [9.17, 15) is 4.79 Å². The third-order valence-electron chi connectivity index (χ3n) is 2.84. The van der Waals surface area contributed by atoms with Gasteiger partial charge in [-0.25, -0.2) is 4.79 Å². The molecular weight excluding hydrogens is 230 g/mol. The standard InChI is InChI=1S/C14H17NO3/c1-2-8-18-9-7-15-6-5-11-10-12(14(16)17)3-4-13(11)15/h3-6,10H,2,7-9H2,1H3,(H,16,17). The molecule has 0 saturated heterocycles. The van der Waals surface area contributed by atoms with Gasteiger partial charge < -0.3 is 14.4 Å². The van der Waals surface area contributed by atoms with Crippen LogP contribution in [0.4, 0.5) is 0 Å². The van der Waals surface area contributed by atoms with Crippen molar-refractivity contribution >= 4 is 16.9 Å². The van der Waals surface area contributed by atoms with E-state index in [4.69, 9.17) is 9.84 Å². The maximum atomic E-state index is 10.9. The van der Waals surface area contributed by atoms with Crippen molar-refractivity contribution in [2.24, 2.45) is 0 Å². The average molecular weight is 247 g/mol. The van der Waals surface area contributed by atoms with Gasteiger partial charge in [0.1, 0.15) is 0 Å². The Morgan fingerprint density at radius 1 is 1.33 bits per heavy atom. The Balaban J connectivity index is 2.13. The second-order valence-electron chi connectivity index (χ2n) is 4.20. The van der Waals surface area contributed by atoms with Gasteiger partial charge in [-0.3, -0.25) is 0 Å². The van der Waals surface area contributed by atoms with Crippen LogP contribution in [0.15, 0.2) is 30.5 Å². The molecule has 0 aliphatic carbocycles. The van der Waals surface area contributed by atoms with Gasteiger partial charge >= 0.3 is 5.97 Å². The predicted octanol–water partition coefficient (Wildman–Crippen LogP) is 2.77. The van der Waals surface area contributed by atoms with Crippen LogP contribution >= 0.6 is 0 Å². The lowest BCUT2D eigenvalue weighted by atomic mass is 10.1. The van der Waals surface area contributed by atoms with Crippen molar-refractivity contribution in [3.63, 3.8) is 0 Å². The van der Waals surface area contributed by atoms with E-state index in [2.05, 4.69) is 11.5 Å². The molecule has 0 atom stereocenters. The summed E-state index contributed by atoms with van der Waals surface area (Å²) < 4.78 is 7.53. The Kier molecular flexibility index (Phi) is 3.99. The number of carboxylic acid groups (broad SMARTS) is 1. The highest BCUT2D eigenvalue weighted by atomic mass is 16.5. The molecule has 0 bridgehead atoms. The largest absolute Gasteiger partial charge is 0.478 e. The molecule has 0 spiro atoms. The van der Waals surface area contributed by atoms with Crippen molar-refractivity contribution in [3.05, 3.63) is 36.0 Å². The van der Waals surface area contributed by atoms with Crippen molar-refractivity contribution in [1.82, 2.24) is 4.57 Å². The Labute approximate surface area is 106 Å². The van der Waals surface area contributed by atoms with E-state index in [0.717, 1.165) is 30.5 Å². The molecule has 2 rings (SSSR count). The van der Waals surface area contributed by atoms with Gasteiger partial charge in [-0.15, -0.1) is 0 Å². The van der Waals surface area contributed by atoms with E-state index < -0.39 is 5.97 Å². The highest BCUT2D eigenvalue weighted by molar-refractivity contribution is 5.93. The monoisotopic (exact) mass is 247 g/mol. The molecule has 0 unspecified atom stereocenters. The summed E-state index contributed by atoms with van der Waals surface area (Å²) in [6.07, 6.45) is 2.99. The van der Waals surface area contributed by atoms with Gasteiger partial charge in [-0.2, -0.15) is 0 Å². The van der Waals surface area contributed by atoms with Gasteiger partial charge in [-0.05, 0) is 30.7 Å². The molecule has 0 fully saturated rings. The lowest BCUT2D eigenvalue weighted by Gasteiger charge is -2.06. The second-order valence-corrected chi connectivity index (χ2v) is 4.20. The summed E-state index contributed by atoms with van der Waals surface area (Å²) in [5, 5.41) is 9.87. The summed E-state index contributed by atoms with van der Waals surface area (Å²) >= 11 is 0. The first-order valence-electron chi connectivity index (χ1n) is 6.12. The SMILES string of the molecule is CCCOCCn1ccc2cc(C(=O)O)ccc21. The van der Waals surface area contributed by atoms with Crippen LogP contribution in [-0.4, -0.2) is 28.9 Å². The number of rotatable bonds is 6. The maximum absolute atomic E-state index is 10.9. The van der Waals surface area contributed by atoms with Gasteiger partial charge in [-0.1, -0.05) is 6.92 Å². The minimum absolute atomic E-state index is 0.322. The molecule has 0 amide bonds. The zero-order valence-corrected chi connectivity index (χ0v) is 10.4. The lowest BCUT2D eigenvalue weighted by Crippen LogP contribution is -2.05. The zero-order valence-electron chi connectivity index (χ0n) is 10.4. The normalized spacial score (nSPS) is 10.9. The summed E-state index contributed by atoms with van der Waals surface area (Å²) in [5.41, 5.74) is 1.36. The molecule has 1 aromatic carbocycles. The van der Waals surface area contributed by atoms with E-state index in [-0.39, 0.29) is 0 Å². The molecule has 4 heteroatoms. The molecule has 0 aliphatic rings. The van der Waals surface area contributed by atoms with Gasteiger partial charge in [0.2, 0.25) is 0 Å². The van der Waals surface area contributed by atoms with Gasteiger partial charge in [0.15, 0.2) is 0 Å². The van der Waals surface area contributed by atoms with Crippen LogP contribution in [0.2, 0.25) is 0 Å². The van der Waals surface area contributed by atoms with Gasteiger partial charge in [0, 0.05) is 30.3 Å². The molecule has 18 heavy (non-hydrogen) atoms. The van der Waals surface area contributed by atoms with Crippen molar-refractivity contribution in [1.29, 1.82) is 0 Å². The minimum Gasteiger partial charge on any atom is -0.478 e. The second kappa shape index (κ2) is 5.69. The molecule has 1 heterocycles. The molecule has 4 nitrogen and oxygen atoms in total. The van der Waals surface area contributed by atoms with Gasteiger partial charge in [0.25, 0.3) is 0 Å². The van der Waals surface area contributed by atoms with E-state index in [0.29, 0.717) is 12.2 Å². The van der Waals surface area contributed by atoms with Gasteiger partial charge in [0.05, 0.1) is 12.2 Å². The molecule has 0 radical (unpaired) electrons. The summed E-state index contributed by atoms with van der Waals surface area (Å²) in [5.74, 6) is -0.893. The quantitative estimate of drug-likeness (QED) is 0.798. The van der Waals surface area contributed by atoms with Crippen LogP contribution in [0.25, 0.3) is 10.9 Å². The van der Waals surface area contributed by atoms with E-state index in [1.807, 2.05) is 18.3 Å². The molecular formula is C14H17NO3. The Morgan fingerprint density at radius 3 is 2.89 bits per heavy atom. The molecule has 0 aliphatic heterocycles. The van der Waals surface area contributed by atoms with Crippen LogP contribution < -0.4 is 0 Å². The first-order valence-corrected chi connectivity index (χ1v) is 6.12. The summed E-state index contributed by atoms with van der Waals surface area (Å²) in [7, 11) is 0. The van der Waals surface area contributed by atoms with Crippen LogP contribution in [-0.2, 0) is 11.3 Å². The number of hydrogen-bond acceptors (Lipinski definition) is 2. The smallest absolute Gasteiger partial charge is 0.335 e. The maximum Gasteiger partial charge on any atom is 0.335 e. The molecule has 1 aromatic heterocycles. The Bertz CT molecular complexity index is 545. The van der Waals surface area contributed by atoms with E-state index in [1.54, 1.807) is 12.1 Å². The number of benzene rings is 1. The fourth-order valence-corrected chi connectivity index (χ4v) is 1.94. The fourth-order valence-electron chi connectivity index (χ4n) is 1.94. The Morgan fingerprint density at radius 2 is 2.17 bits per heavy atom. The topological polar surface area (TPSA) is 51.5 Å². The van der Waals surface area contributed by atoms with E-state index in [1.165, 1.54) is 0 Å². The van der Waals surface area contributed by atoms with Crippen LogP contribution in [0.1, 0.15) is 23.7 Å². The first kappa shape index (κ1) is 12.6. The third-order valence-corrected chi connectivity index (χ3v) is 2.84. The van der Waals surface area contributed by atoms with E-state index >= 15 is 0 Å². The van der Waals surface area contributed by atoms with Crippen molar-refractivity contribution in [3.8, 4) is 0 Å². The molecule has 1 N–H and O–H groups in total. The first-order chi connectivity index (χ1) is 8.72. The van der Waals surface area contributed by atoms with Crippen LogP contribution in [0.5, 0.6) is 0 Å².